The summed E-state index contributed by atoms with van der Waals surface area (Å²) in [5, 5.41) is 13.0. The minimum Gasteiger partial charge on any atom is -0.296 e. The molecule has 88 valence electrons. The number of piperidine rings is 1. The number of hydrogen-bond acceptors (Lipinski definition) is 4. The topological polar surface area (TPSA) is 89.3 Å². The number of carbonyl (C=O) groups excluding carboxylic acids is 2. The first-order chi connectivity index (χ1) is 8.09. The van der Waals surface area contributed by atoms with Crippen molar-refractivity contribution >= 4 is 17.5 Å². The van der Waals surface area contributed by atoms with Gasteiger partial charge in [-0.1, -0.05) is 18.2 Å². The number of nitrogens with zero attached hydrogens (tertiary/aromatic N) is 1. The van der Waals surface area contributed by atoms with Crippen molar-refractivity contribution in [2.75, 3.05) is 0 Å². The Morgan fingerprint density at radius 1 is 1.29 bits per heavy atom. The van der Waals surface area contributed by atoms with Gasteiger partial charge < -0.3 is 0 Å². The van der Waals surface area contributed by atoms with E-state index in [0.717, 1.165) is 0 Å². The molecule has 0 spiro atoms. The van der Waals surface area contributed by atoms with Crippen LogP contribution >= 0.6 is 0 Å². The zero-order chi connectivity index (χ0) is 12.4. The van der Waals surface area contributed by atoms with E-state index in [2.05, 4.69) is 5.32 Å². The fourth-order valence-electron chi connectivity index (χ4n) is 1.94. The molecule has 0 bridgehead atoms. The molecular formula is C11H10N2O4. The summed E-state index contributed by atoms with van der Waals surface area (Å²) in [5.74, 6) is -1.41. The fourth-order valence-corrected chi connectivity index (χ4v) is 1.94. The molecule has 1 aromatic rings. The minimum atomic E-state index is -0.616. The SMILES string of the molecule is O=C1CCC(c2ccccc2[N+](=O)[O-])C(=O)N1. The van der Waals surface area contributed by atoms with E-state index in [4.69, 9.17) is 0 Å². The molecule has 0 saturated carbocycles. The Morgan fingerprint density at radius 3 is 2.65 bits per heavy atom. The minimum absolute atomic E-state index is 0.0815. The molecule has 6 nitrogen and oxygen atoms in total. The molecule has 0 radical (unpaired) electrons. The summed E-state index contributed by atoms with van der Waals surface area (Å²) in [6.07, 6.45) is 0.526. The van der Waals surface area contributed by atoms with Crippen LogP contribution in [0.5, 0.6) is 0 Å². The van der Waals surface area contributed by atoms with Crippen molar-refractivity contribution in [3.8, 4) is 0 Å². The number of nitro groups is 1. The monoisotopic (exact) mass is 234 g/mol. The molecule has 1 aromatic carbocycles. The summed E-state index contributed by atoms with van der Waals surface area (Å²) in [5.41, 5.74) is 0.282. The quantitative estimate of drug-likeness (QED) is 0.471. The van der Waals surface area contributed by atoms with Crippen LogP contribution in [-0.2, 0) is 9.59 Å². The van der Waals surface area contributed by atoms with Crippen molar-refractivity contribution in [3.05, 3.63) is 39.9 Å². The van der Waals surface area contributed by atoms with Crippen LogP contribution in [0.4, 0.5) is 5.69 Å². The number of imide groups is 1. The number of nitrogens with one attached hydrogen (secondary N) is 1. The van der Waals surface area contributed by atoms with Crippen LogP contribution in [0.1, 0.15) is 24.3 Å². The molecule has 0 aliphatic carbocycles. The van der Waals surface area contributed by atoms with E-state index in [1.165, 1.54) is 6.07 Å². The van der Waals surface area contributed by atoms with Gasteiger partial charge in [0.05, 0.1) is 10.8 Å². The highest BCUT2D eigenvalue weighted by Crippen LogP contribution is 2.31. The van der Waals surface area contributed by atoms with E-state index in [-0.39, 0.29) is 18.0 Å². The second kappa shape index (κ2) is 4.32. The Hall–Kier alpha value is -2.24. The van der Waals surface area contributed by atoms with Gasteiger partial charge in [-0.3, -0.25) is 25.0 Å². The third-order valence-corrected chi connectivity index (χ3v) is 2.75. The molecule has 2 amide bonds. The first-order valence-corrected chi connectivity index (χ1v) is 5.16. The summed E-state index contributed by atoms with van der Waals surface area (Å²) in [7, 11) is 0. The van der Waals surface area contributed by atoms with E-state index in [1.807, 2.05) is 0 Å². The average Bonchev–Trinajstić information content (AvgIpc) is 2.29. The lowest BCUT2D eigenvalue weighted by atomic mass is 9.89. The highest BCUT2D eigenvalue weighted by molar-refractivity contribution is 6.01. The third-order valence-electron chi connectivity index (χ3n) is 2.75. The Balaban J connectivity index is 2.37. The first kappa shape index (κ1) is 11.3. The normalized spacial score (nSPS) is 19.9. The van der Waals surface area contributed by atoms with Crippen molar-refractivity contribution in [1.82, 2.24) is 5.32 Å². The average molecular weight is 234 g/mol. The summed E-state index contributed by atoms with van der Waals surface area (Å²) >= 11 is 0. The largest absolute Gasteiger partial charge is 0.296 e. The van der Waals surface area contributed by atoms with Crippen molar-refractivity contribution in [1.29, 1.82) is 0 Å². The predicted octanol–water partition coefficient (Wildman–Crippen LogP) is 1.11. The van der Waals surface area contributed by atoms with Gasteiger partial charge >= 0.3 is 0 Å². The zero-order valence-corrected chi connectivity index (χ0v) is 8.88. The lowest BCUT2D eigenvalue weighted by Gasteiger charge is -2.20. The summed E-state index contributed by atoms with van der Waals surface area (Å²) in [6.45, 7) is 0. The number of hydrogen-bond donors (Lipinski definition) is 1. The van der Waals surface area contributed by atoms with Crippen molar-refractivity contribution < 1.29 is 14.5 Å². The van der Waals surface area contributed by atoms with E-state index >= 15 is 0 Å². The van der Waals surface area contributed by atoms with Crippen LogP contribution in [0.15, 0.2) is 24.3 Å². The number of nitro benzene ring substituents is 1. The first-order valence-electron chi connectivity index (χ1n) is 5.16. The lowest BCUT2D eigenvalue weighted by molar-refractivity contribution is -0.385. The summed E-state index contributed by atoms with van der Waals surface area (Å²) in [4.78, 5) is 33.0. The Morgan fingerprint density at radius 2 is 2.00 bits per heavy atom. The fraction of sp³-hybridized carbons (Fsp3) is 0.273. The second-order valence-electron chi connectivity index (χ2n) is 3.82. The maximum absolute atomic E-state index is 11.6. The van der Waals surface area contributed by atoms with Crippen molar-refractivity contribution in [2.45, 2.75) is 18.8 Å². The zero-order valence-electron chi connectivity index (χ0n) is 8.88. The van der Waals surface area contributed by atoms with Crippen LogP contribution in [-0.4, -0.2) is 16.7 Å². The molecule has 1 heterocycles. The molecule has 1 unspecified atom stereocenters. The number of amides is 2. The smallest absolute Gasteiger partial charge is 0.273 e. The third kappa shape index (κ3) is 2.15. The number of benzene rings is 1. The van der Waals surface area contributed by atoms with Gasteiger partial charge in [0.2, 0.25) is 11.8 Å². The lowest BCUT2D eigenvalue weighted by Crippen LogP contribution is -2.39. The van der Waals surface area contributed by atoms with Crippen LogP contribution in [0.25, 0.3) is 0 Å². The van der Waals surface area contributed by atoms with Crippen LogP contribution in [0.2, 0.25) is 0 Å². The summed E-state index contributed by atoms with van der Waals surface area (Å²) < 4.78 is 0. The van der Waals surface area contributed by atoms with Gasteiger partial charge in [0.1, 0.15) is 0 Å². The van der Waals surface area contributed by atoms with E-state index in [1.54, 1.807) is 18.2 Å². The Kier molecular flexibility index (Phi) is 2.86. The highest BCUT2D eigenvalue weighted by atomic mass is 16.6. The van der Waals surface area contributed by atoms with Gasteiger partial charge in [-0.2, -0.15) is 0 Å². The Bertz CT molecular complexity index is 498. The van der Waals surface area contributed by atoms with Gasteiger partial charge in [-0.25, -0.2) is 0 Å². The molecule has 1 aliphatic heterocycles. The second-order valence-corrected chi connectivity index (χ2v) is 3.82. The molecule has 1 fully saturated rings. The number of rotatable bonds is 2. The van der Waals surface area contributed by atoms with E-state index in [0.29, 0.717) is 12.0 Å². The number of para-hydroxylation sites is 1. The molecule has 2 rings (SSSR count). The van der Waals surface area contributed by atoms with Crippen LogP contribution < -0.4 is 5.32 Å². The van der Waals surface area contributed by atoms with Crippen molar-refractivity contribution in [2.24, 2.45) is 0 Å². The van der Waals surface area contributed by atoms with Gasteiger partial charge in [0.25, 0.3) is 5.69 Å². The van der Waals surface area contributed by atoms with E-state index in [9.17, 15) is 19.7 Å². The molecule has 1 atom stereocenters. The Labute approximate surface area is 96.8 Å². The standard InChI is InChI=1S/C11H10N2O4/c14-10-6-5-8(11(15)12-10)7-3-1-2-4-9(7)13(16)17/h1-4,8H,5-6H2,(H,12,14,15). The van der Waals surface area contributed by atoms with Gasteiger partial charge in [0, 0.05) is 18.1 Å². The highest BCUT2D eigenvalue weighted by Gasteiger charge is 2.32. The predicted molar refractivity (Wildman–Crippen MR) is 58.2 cm³/mol. The molecule has 1 saturated heterocycles. The molecule has 1 N–H and O–H groups in total. The maximum Gasteiger partial charge on any atom is 0.273 e. The number of carbonyl (C=O) groups is 2. The van der Waals surface area contributed by atoms with Crippen molar-refractivity contribution in [3.63, 3.8) is 0 Å². The molecule has 17 heavy (non-hydrogen) atoms. The molecule has 6 heteroatoms. The molecule has 0 aromatic heterocycles. The van der Waals surface area contributed by atoms with Gasteiger partial charge in [-0.05, 0) is 6.42 Å². The van der Waals surface area contributed by atoms with Gasteiger partial charge in [0.15, 0.2) is 0 Å². The van der Waals surface area contributed by atoms with Crippen LogP contribution in [0.3, 0.4) is 0 Å². The van der Waals surface area contributed by atoms with Crippen LogP contribution in [0, 0.1) is 10.1 Å². The molecular weight excluding hydrogens is 224 g/mol. The molecule has 1 aliphatic rings. The van der Waals surface area contributed by atoms with Gasteiger partial charge in [-0.15, -0.1) is 0 Å². The maximum atomic E-state index is 11.6. The van der Waals surface area contributed by atoms with E-state index < -0.39 is 16.7 Å². The summed E-state index contributed by atoms with van der Waals surface area (Å²) in [6, 6.07) is 6.11.